The Morgan fingerprint density at radius 2 is 1.66 bits per heavy atom. The fourth-order valence-corrected chi connectivity index (χ4v) is 5.52. The lowest BCUT2D eigenvalue weighted by Gasteiger charge is -2.33. The molecule has 0 aliphatic heterocycles. The van der Waals surface area contributed by atoms with Crippen molar-refractivity contribution in [2.24, 2.45) is 0 Å². The first-order chi connectivity index (χ1) is 17.9. The second-order valence-electron chi connectivity index (χ2n) is 9.07. The van der Waals surface area contributed by atoms with Crippen LogP contribution in [-0.4, -0.2) is 51.0 Å². The van der Waals surface area contributed by atoms with E-state index >= 15 is 0 Å². The minimum atomic E-state index is -3.84. The predicted octanol–water partition coefficient (Wildman–Crippen LogP) is 4.76. The average Bonchev–Trinajstić information content (AvgIpc) is 2.87. The number of hydrogen-bond acceptors (Lipinski definition) is 4. The van der Waals surface area contributed by atoms with Crippen molar-refractivity contribution in [1.82, 2.24) is 10.2 Å². The highest BCUT2D eigenvalue weighted by Gasteiger charge is 2.33. The quantitative estimate of drug-likeness (QED) is 0.377. The van der Waals surface area contributed by atoms with Gasteiger partial charge in [0.1, 0.15) is 12.6 Å². The van der Waals surface area contributed by atoms with Gasteiger partial charge < -0.3 is 10.2 Å². The van der Waals surface area contributed by atoms with Crippen molar-refractivity contribution >= 4 is 50.7 Å². The number of anilines is 1. The average molecular weight is 577 g/mol. The summed E-state index contributed by atoms with van der Waals surface area (Å²) in [5.41, 5.74) is 3.45. The number of nitrogens with one attached hydrogen (secondary N) is 1. The summed E-state index contributed by atoms with van der Waals surface area (Å²) in [7, 11) is -2.34. The van der Waals surface area contributed by atoms with Gasteiger partial charge in [0.15, 0.2) is 0 Å². The first-order valence-corrected chi connectivity index (χ1v) is 14.6. The maximum atomic E-state index is 14.0. The molecule has 3 aromatic rings. The van der Waals surface area contributed by atoms with Crippen LogP contribution in [0.25, 0.3) is 0 Å². The summed E-state index contributed by atoms with van der Waals surface area (Å²) in [6.07, 6.45) is 1.28. The Hall–Kier alpha value is -3.07. The molecule has 1 unspecified atom stereocenters. The first-order valence-electron chi connectivity index (χ1n) is 11.9. The molecule has 202 valence electrons. The number of carbonyl (C=O) groups is 2. The third kappa shape index (κ3) is 7.28. The van der Waals surface area contributed by atoms with Gasteiger partial charge in [-0.2, -0.15) is 0 Å². The van der Waals surface area contributed by atoms with Crippen LogP contribution in [0.4, 0.5) is 5.69 Å². The number of amides is 2. The molecule has 0 saturated heterocycles. The smallest absolute Gasteiger partial charge is 0.244 e. The van der Waals surface area contributed by atoms with E-state index in [4.69, 9.17) is 23.2 Å². The first kappa shape index (κ1) is 29.5. The van der Waals surface area contributed by atoms with E-state index in [1.54, 1.807) is 37.3 Å². The topological polar surface area (TPSA) is 86.8 Å². The van der Waals surface area contributed by atoms with Crippen molar-refractivity contribution in [1.29, 1.82) is 0 Å². The van der Waals surface area contributed by atoms with Gasteiger partial charge in [0.25, 0.3) is 0 Å². The molecule has 0 radical (unpaired) electrons. The molecule has 0 heterocycles. The second kappa shape index (κ2) is 12.7. The number of sulfonamides is 1. The Balaban J connectivity index is 2.08. The molecule has 1 N–H and O–H groups in total. The number of aryl methyl sites for hydroxylation is 1. The summed E-state index contributed by atoms with van der Waals surface area (Å²) >= 11 is 12.5. The van der Waals surface area contributed by atoms with Gasteiger partial charge in [-0.1, -0.05) is 71.7 Å². The number of halogens is 2. The molecular formula is C28H31Cl2N3O4S. The molecule has 0 bridgehead atoms. The molecule has 0 saturated carbocycles. The van der Waals surface area contributed by atoms with Gasteiger partial charge in [-0.25, -0.2) is 8.42 Å². The van der Waals surface area contributed by atoms with Crippen LogP contribution in [0.5, 0.6) is 0 Å². The number of likely N-dealkylation sites (N-methyl/N-ethyl adjacent to an activating group) is 1. The normalized spacial score (nSPS) is 12.1. The third-order valence-corrected chi connectivity index (χ3v) is 8.11. The Bertz CT molecular complexity index is 1410. The van der Waals surface area contributed by atoms with Gasteiger partial charge in [-0.15, -0.1) is 0 Å². The highest BCUT2D eigenvalue weighted by atomic mass is 35.5. The molecular weight excluding hydrogens is 545 g/mol. The fraction of sp³-hybridized carbons (Fsp3) is 0.286. The second-order valence-corrected chi connectivity index (χ2v) is 11.8. The molecule has 0 aliphatic rings. The van der Waals surface area contributed by atoms with Crippen LogP contribution >= 0.6 is 23.2 Å². The Labute approximate surface area is 234 Å². The van der Waals surface area contributed by atoms with Crippen molar-refractivity contribution in [3.63, 3.8) is 0 Å². The SMILES string of the molecule is CNC(=O)C(Cc1ccccc1)N(Cc1ccc(Cl)cc1Cl)C(=O)CN(c1cccc(C)c1C)S(C)(=O)=O. The van der Waals surface area contributed by atoms with E-state index in [-0.39, 0.29) is 18.9 Å². The molecule has 38 heavy (non-hydrogen) atoms. The van der Waals surface area contributed by atoms with Crippen LogP contribution in [0.15, 0.2) is 66.7 Å². The van der Waals surface area contributed by atoms with E-state index in [0.717, 1.165) is 27.3 Å². The van der Waals surface area contributed by atoms with Gasteiger partial charge in [-0.3, -0.25) is 13.9 Å². The standard InChI is InChI=1S/C28H31Cl2N3O4S/c1-19-9-8-12-25(20(19)2)33(38(4,36)37)18-27(34)32(17-22-13-14-23(29)16-24(22)30)26(28(35)31-3)15-21-10-6-5-7-11-21/h5-14,16,26H,15,17-18H2,1-4H3,(H,31,35). The molecule has 0 aliphatic carbocycles. The van der Waals surface area contributed by atoms with Gasteiger partial charge in [0, 0.05) is 30.1 Å². The lowest BCUT2D eigenvalue weighted by atomic mass is 10.0. The lowest BCUT2D eigenvalue weighted by Crippen LogP contribution is -2.53. The molecule has 0 aromatic heterocycles. The monoisotopic (exact) mass is 575 g/mol. The summed E-state index contributed by atoms with van der Waals surface area (Å²) in [5, 5.41) is 3.41. The Kier molecular flexibility index (Phi) is 9.82. The third-order valence-electron chi connectivity index (χ3n) is 6.40. The van der Waals surface area contributed by atoms with E-state index in [1.165, 1.54) is 11.9 Å². The number of carbonyl (C=O) groups excluding carboxylic acids is 2. The summed E-state index contributed by atoms with van der Waals surface area (Å²) in [5.74, 6) is -0.934. The van der Waals surface area contributed by atoms with Crippen LogP contribution < -0.4 is 9.62 Å². The Morgan fingerprint density at radius 3 is 2.26 bits per heavy atom. The number of nitrogens with zero attached hydrogens (tertiary/aromatic N) is 2. The summed E-state index contributed by atoms with van der Waals surface area (Å²) < 4.78 is 26.9. The van der Waals surface area contributed by atoms with Gasteiger partial charge in [0.2, 0.25) is 21.8 Å². The minimum Gasteiger partial charge on any atom is -0.357 e. The van der Waals surface area contributed by atoms with Gasteiger partial charge in [0.05, 0.1) is 11.9 Å². The van der Waals surface area contributed by atoms with E-state index in [2.05, 4.69) is 5.32 Å². The van der Waals surface area contributed by atoms with E-state index in [0.29, 0.717) is 21.3 Å². The van der Waals surface area contributed by atoms with Crippen LogP contribution in [0, 0.1) is 13.8 Å². The van der Waals surface area contributed by atoms with Crippen molar-refractivity contribution in [3.05, 3.63) is 99.0 Å². The van der Waals surface area contributed by atoms with E-state index in [1.807, 2.05) is 43.3 Å². The zero-order chi connectivity index (χ0) is 28.0. The zero-order valence-corrected chi connectivity index (χ0v) is 24.1. The molecule has 3 rings (SSSR count). The van der Waals surface area contributed by atoms with Crippen molar-refractivity contribution < 1.29 is 18.0 Å². The fourth-order valence-electron chi connectivity index (χ4n) is 4.15. The van der Waals surface area contributed by atoms with Gasteiger partial charge >= 0.3 is 0 Å². The molecule has 10 heteroatoms. The largest absolute Gasteiger partial charge is 0.357 e. The van der Waals surface area contributed by atoms with Crippen LogP contribution in [-0.2, 0) is 32.6 Å². The van der Waals surface area contributed by atoms with Crippen LogP contribution in [0.2, 0.25) is 10.0 Å². The van der Waals surface area contributed by atoms with Crippen molar-refractivity contribution in [3.8, 4) is 0 Å². The number of rotatable bonds is 10. The van der Waals surface area contributed by atoms with Crippen LogP contribution in [0.1, 0.15) is 22.3 Å². The number of hydrogen-bond donors (Lipinski definition) is 1. The van der Waals surface area contributed by atoms with E-state index in [9.17, 15) is 18.0 Å². The van der Waals surface area contributed by atoms with Crippen molar-refractivity contribution in [2.75, 3.05) is 24.2 Å². The van der Waals surface area contributed by atoms with E-state index < -0.39 is 28.5 Å². The molecule has 1 atom stereocenters. The molecule has 0 spiro atoms. The zero-order valence-electron chi connectivity index (χ0n) is 21.7. The van der Waals surface area contributed by atoms with Crippen molar-refractivity contribution in [2.45, 2.75) is 32.9 Å². The minimum absolute atomic E-state index is 0.0237. The lowest BCUT2D eigenvalue weighted by molar-refractivity contribution is -0.139. The maximum Gasteiger partial charge on any atom is 0.244 e. The molecule has 7 nitrogen and oxygen atoms in total. The summed E-state index contributed by atoms with van der Waals surface area (Å²) in [6.45, 7) is 3.17. The number of benzene rings is 3. The highest BCUT2D eigenvalue weighted by molar-refractivity contribution is 7.92. The molecule has 0 fully saturated rings. The van der Waals surface area contributed by atoms with Gasteiger partial charge in [-0.05, 0) is 54.3 Å². The summed E-state index contributed by atoms with van der Waals surface area (Å²) in [4.78, 5) is 28.5. The predicted molar refractivity (Wildman–Crippen MR) is 153 cm³/mol. The summed E-state index contributed by atoms with van der Waals surface area (Å²) in [6, 6.07) is 18.6. The maximum absolute atomic E-state index is 14.0. The molecule has 3 aromatic carbocycles. The van der Waals surface area contributed by atoms with Crippen LogP contribution in [0.3, 0.4) is 0 Å². The highest BCUT2D eigenvalue weighted by Crippen LogP contribution is 2.27. The molecule has 2 amide bonds. The Morgan fingerprint density at radius 1 is 0.974 bits per heavy atom.